The molecule has 0 atom stereocenters. The Labute approximate surface area is 87.2 Å². The van der Waals surface area contributed by atoms with Crippen LogP contribution in [-0.4, -0.2) is 29.7 Å². The molecule has 1 rings (SSSR count). The van der Waals surface area contributed by atoms with E-state index < -0.39 is 5.97 Å². The zero-order valence-corrected chi connectivity index (χ0v) is 9.39. The number of aryl methyl sites for hydroxylation is 1. The van der Waals surface area contributed by atoms with E-state index in [9.17, 15) is 4.79 Å². The summed E-state index contributed by atoms with van der Waals surface area (Å²) in [5.41, 5.74) is 0.679. The van der Waals surface area contributed by atoms with Gasteiger partial charge in [0.2, 0.25) is 0 Å². The van der Waals surface area contributed by atoms with Crippen molar-refractivity contribution in [3.63, 3.8) is 0 Å². The van der Waals surface area contributed by atoms with Gasteiger partial charge in [-0.2, -0.15) is 0 Å². The number of aromatic nitrogens is 1. The molecule has 0 spiro atoms. The molecule has 0 fully saturated rings. The number of carboxylic acids is 1. The van der Waals surface area contributed by atoms with Gasteiger partial charge in [-0.15, -0.1) is 0 Å². The molecular weight excluding hydrogens is 200 g/mol. The van der Waals surface area contributed by atoms with Crippen molar-refractivity contribution < 1.29 is 9.90 Å². The number of rotatable bonds is 4. The minimum Gasteiger partial charge on any atom is -0.477 e. The van der Waals surface area contributed by atoms with Gasteiger partial charge in [-0.25, -0.2) is 9.78 Å². The number of aromatic carboxylic acids is 1. The summed E-state index contributed by atoms with van der Waals surface area (Å²) >= 11 is 1.24. The maximum Gasteiger partial charge on any atom is 0.347 e. The molecule has 0 saturated heterocycles. The number of hydrogen-bond acceptors (Lipinski definition) is 4. The van der Waals surface area contributed by atoms with Gasteiger partial charge in [0.25, 0.3) is 0 Å². The molecule has 5 heteroatoms. The number of thiazole rings is 1. The first-order valence-electron chi connectivity index (χ1n) is 4.54. The van der Waals surface area contributed by atoms with Gasteiger partial charge in [-0.1, -0.05) is 18.3 Å². The van der Waals surface area contributed by atoms with Gasteiger partial charge in [0, 0.05) is 13.6 Å². The van der Waals surface area contributed by atoms with E-state index in [0.29, 0.717) is 17.0 Å². The molecule has 0 amide bonds. The minimum absolute atomic E-state index is 0.364. The van der Waals surface area contributed by atoms with Gasteiger partial charge >= 0.3 is 5.97 Å². The Morgan fingerprint density at radius 2 is 2.21 bits per heavy atom. The summed E-state index contributed by atoms with van der Waals surface area (Å²) in [7, 11) is 1.91. The highest BCUT2D eigenvalue weighted by Crippen LogP contribution is 2.25. The van der Waals surface area contributed by atoms with Crippen LogP contribution in [0.2, 0.25) is 0 Å². The molecule has 0 radical (unpaired) electrons. The summed E-state index contributed by atoms with van der Waals surface area (Å²) in [6.07, 6.45) is 0.662. The summed E-state index contributed by atoms with van der Waals surface area (Å²) in [5, 5.41) is 9.70. The lowest BCUT2D eigenvalue weighted by molar-refractivity contribution is 0.0701. The van der Waals surface area contributed by atoms with Crippen molar-refractivity contribution in [1.82, 2.24) is 4.98 Å². The highest BCUT2D eigenvalue weighted by molar-refractivity contribution is 7.17. The number of hydrogen-bond donors (Lipinski definition) is 1. The van der Waals surface area contributed by atoms with Crippen LogP contribution in [0.25, 0.3) is 0 Å². The highest BCUT2D eigenvalue weighted by Gasteiger charge is 2.17. The fraction of sp³-hybridized carbons (Fsp3) is 0.556. The number of carbonyl (C=O) groups is 1. The third-order valence-corrected chi connectivity index (χ3v) is 3.22. The standard InChI is InChI=1S/C9H14N2O2S/c1-4-6-7(8(12)13)14-9(10-6)11(3)5-2/h4-5H2,1-3H3,(H,12,13). The van der Waals surface area contributed by atoms with Crippen LogP contribution in [0.15, 0.2) is 0 Å². The molecule has 14 heavy (non-hydrogen) atoms. The summed E-state index contributed by atoms with van der Waals surface area (Å²) < 4.78 is 0. The molecule has 1 aromatic heterocycles. The van der Waals surface area contributed by atoms with Gasteiger partial charge in [0.15, 0.2) is 5.13 Å². The largest absolute Gasteiger partial charge is 0.477 e. The van der Waals surface area contributed by atoms with E-state index in [-0.39, 0.29) is 0 Å². The van der Waals surface area contributed by atoms with Gasteiger partial charge in [0.1, 0.15) is 4.88 Å². The second-order valence-corrected chi connectivity index (χ2v) is 3.92. The maximum atomic E-state index is 10.9. The van der Waals surface area contributed by atoms with E-state index in [1.54, 1.807) is 0 Å². The topological polar surface area (TPSA) is 53.4 Å². The van der Waals surface area contributed by atoms with Gasteiger partial charge in [-0.3, -0.25) is 0 Å². The molecule has 0 aliphatic heterocycles. The second-order valence-electron chi connectivity index (χ2n) is 2.95. The summed E-state index contributed by atoms with van der Waals surface area (Å²) in [4.78, 5) is 17.4. The van der Waals surface area contributed by atoms with Gasteiger partial charge < -0.3 is 10.0 Å². The van der Waals surface area contributed by atoms with E-state index in [2.05, 4.69) is 4.98 Å². The molecule has 4 nitrogen and oxygen atoms in total. The molecule has 1 heterocycles. The minimum atomic E-state index is -0.880. The number of carboxylic acid groups (broad SMARTS) is 1. The Morgan fingerprint density at radius 3 is 2.57 bits per heavy atom. The maximum absolute atomic E-state index is 10.9. The molecule has 0 aliphatic carbocycles. The van der Waals surface area contributed by atoms with Gasteiger partial charge in [-0.05, 0) is 13.3 Å². The van der Waals surface area contributed by atoms with Crippen LogP contribution in [0.3, 0.4) is 0 Å². The van der Waals surface area contributed by atoms with Crippen LogP contribution in [0.4, 0.5) is 5.13 Å². The zero-order chi connectivity index (χ0) is 10.7. The molecule has 0 unspecified atom stereocenters. The van der Waals surface area contributed by atoms with Crippen molar-refractivity contribution >= 4 is 22.4 Å². The quantitative estimate of drug-likeness (QED) is 0.831. The predicted molar refractivity (Wildman–Crippen MR) is 57.4 cm³/mol. The Balaban J connectivity index is 3.06. The molecule has 0 saturated carbocycles. The van der Waals surface area contributed by atoms with Crippen LogP contribution in [0, 0.1) is 0 Å². The van der Waals surface area contributed by atoms with Crippen LogP contribution >= 0.6 is 11.3 Å². The normalized spacial score (nSPS) is 10.2. The van der Waals surface area contributed by atoms with E-state index in [1.165, 1.54) is 11.3 Å². The average Bonchev–Trinajstić information content (AvgIpc) is 2.60. The first-order valence-corrected chi connectivity index (χ1v) is 5.35. The van der Waals surface area contributed by atoms with E-state index in [1.807, 2.05) is 25.8 Å². The Bertz CT molecular complexity index is 336. The lowest BCUT2D eigenvalue weighted by Gasteiger charge is -2.10. The van der Waals surface area contributed by atoms with Crippen LogP contribution < -0.4 is 4.90 Å². The molecular formula is C9H14N2O2S. The summed E-state index contributed by atoms with van der Waals surface area (Å²) in [6.45, 7) is 4.75. The van der Waals surface area contributed by atoms with Crippen LogP contribution in [-0.2, 0) is 6.42 Å². The molecule has 0 aromatic carbocycles. The fourth-order valence-corrected chi connectivity index (χ4v) is 2.06. The van der Waals surface area contributed by atoms with Crippen molar-refractivity contribution in [3.8, 4) is 0 Å². The van der Waals surface area contributed by atoms with Crippen molar-refractivity contribution in [2.24, 2.45) is 0 Å². The SMILES string of the molecule is CCc1nc(N(C)CC)sc1C(=O)O. The molecule has 1 aromatic rings. The molecule has 0 bridgehead atoms. The molecule has 1 N–H and O–H groups in total. The van der Waals surface area contributed by atoms with E-state index in [4.69, 9.17) is 5.11 Å². The molecule has 0 aliphatic rings. The monoisotopic (exact) mass is 214 g/mol. The highest BCUT2D eigenvalue weighted by atomic mass is 32.1. The van der Waals surface area contributed by atoms with Crippen molar-refractivity contribution in [1.29, 1.82) is 0 Å². The lowest BCUT2D eigenvalue weighted by atomic mass is 10.3. The lowest BCUT2D eigenvalue weighted by Crippen LogP contribution is -2.15. The summed E-state index contributed by atoms with van der Waals surface area (Å²) in [5.74, 6) is -0.880. The Morgan fingerprint density at radius 1 is 1.57 bits per heavy atom. The van der Waals surface area contributed by atoms with E-state index >= 15 is 0 Å². The van der Waals surface area contributed by atoms with Crippen LogP contribution in [0.5, 0.6) is 0 Å². The Hall–Kier alpha value is -1.10. The van der Waals surface area contributed by atoms with Crippen molar-refractivity contribution in [3.05, 3.63) is 10.6 Å². The third kappa shape index (κ3) is 2.04. The molecule has 78 valence electrons. The average molecular weight is 214 g/mol. The first-order chi connectivity index (χ1) is 6.60. The van der Waals surface area contributed by atoms with Crippen molar-refractivity contribution in [2.75, 3.05) is 18.5 Å². The first kappa shape index (κ1) is 11.0. The smallest absolute Gasteiger partial charge is 0.347 e. The van der Waals surface area contributed by atoms with Gasteiger partial charge in [0.05, 0.1) is 5.69 Å². The second kappa shape index (κ2) is 4.41. The van der Waals surface area contributed by atoms with E-state index in [0.717, 1.165) is 11.7 Å². The zero-order valence-electron chi connectivity index (χ0n) is 8.57. The third-order valence-electron chi connectivity index (χ3n) is 2.02. The predicted octanol–water partition coefficient (Wildman–Crippen LogP) is 1.86. The van der Waals surface area contributed by atoms with Crippen molar-refractivity contribution in [2.45, 2.75) is 20.3 Å². The van der Waals surface area contributed by atoms with Crippen LogP contribution in [0.1, 0.15) is 29.2 Å². The fourth-order valence-electron chi connectivity index (χ4n) is 1.04. The summed E-state index contributed by atoms with van der Waals surface area (Å²) in [6, 6.07) is 0. The Kier molecular flexibility index (Phi) is 3.46. The number of anilines is 1. The number of nitrogens with zero attached hydrogens (tertiary/aromatic N) is 2.